The molecule has 1 fully saturated rings. The Hall–Kier alpha value is -2.34. The Morgan fingerprint density at radius 1 is 1.03 bits per heavy atom. The third-order valence-corrected chi connectivity index (χ3v) is 6.69. The molecule has 1 saturated heterocycles. The number of imide groups is 1. The Morgan fingerprint density at radius 2 is 1.70 bits per heavy atom. The lowest BCUT2D eigenvalue weighted by Crippen LogP contribution is -2.43. The molecule has 0 atom stereocenters. The molecule has 6 nitrogen and oxygen atoms in total. The lowest BCUT2D eigenvalue weighted by molar-refractivity contribution is -0.137. The topological polar surface area (TPSA) is 53.1 Å². The highest BCUT2D eigenvalue weighted by molar-refractivity contribution is 6.35. The highest BCUT2D eigenvalue weighted by Gasteiger charge is 2.42. The quantitative estimate of drug-likeness (QED) is 0.365. The Bertz CT molecular complexity index is 839. The highest BCUT2D eigenvalue weighted by Crippen LogP contribution is 2.34. The summed E-state index contributed by atoms with van der Waals surface area (Å²) in [4.78, 5) is 32.9. The molecule has 3 rings (SSSR count). The first kappa shape index (κ1) is 25.3. The standard InChI is InChI=1S/C27H41N3O3/c1-6-7-8-9-16-30-26(31)24(21-10-12-23(13-11-21)33-19-20(2)3)25(27(30)32)29(5)22-14-17-28(4)18-15-22/h10-13,20,22H,6-9,14-19H2,1-5H3. The lowest BCUT2D eigenvalue weighted by Gasteiger charge is -2.36. The van der Waals surface area contributed by atoms with Gasteiger partial charge >= 0.3 is 0 Å². The number of piperidine rings is 1. The average Bonchev–Trinajstić information content (AvgIpc) is 3.05. The summed E-state index contributed by atoms with van der Waals surface area (Å²) in [7, 11) is 4.11. The molecule has 0 saturated carbocycles. The lowest BCUT2D eigenvalue weighted by atomic mass is 10.00. The van der Waals surface area contributed by atoms with Gasteiger partial charge in [0.1, 0.15) is 11.4 Å². The number of benzene rings is 1. The van der Waals surface area contributed by atoms with E-state index in [0.29, 0.717) is 30.3 Å². The summed E-state index contributed by atoms with van der Waals surface area (Å²) in [6, 6.07) is 7.90. The molecular formula is C27H41N3O3. The summed E-state index contributed by atoms with van der Waals surface area (Å²) < 4.78 is 5.82. The van der Waals surface area contributed by atoms with Gasteiger partial charge in [-0.2, -0.15) is 0 Å². The van der Waals surface area contributed by atoms with Crippen LogP contribution >= 0.6 is 0 Å². The number of rotatable bonds is 11. The van der Waals surface area contributed by atoms with Crippen LogP contribution in [0, 0.1) is 5.92 Å². The van der Waals surface area contributed by atoms with Crippen LogP contribution in [0.5, 0.6) is 5.75 Å². The molecule has 0 unspecified atom stereocenters. The van der Waals surface area contributed by atoms with E-state index in [0.717, 1.165) is 62.9 Å². The number of carbonyl (C=O) groups excluding carboxylic acids is 2. The molecule has 0 N–H and O–H groups in total. The van der Waals surface area contributed by atoms with Crippen LogP contribution in [0.3, 0.4) is 0 Å². The summed E-state index contributed by atoms with van der Waals surface area (Å²) in [6.45, 7) is 9.53. The third-order valence-electron chi connectivity index (χ3n) is 6.69. The Morgan fingerprint density at radius 3 is 2.30 bits per heavy atom. The van der Waals surface area contributed by atoms with Gasteiger partial charge in [0.25, 0.3) is 11.8 Å². The molecule has 182 valence electrons. The van der Waals surface area contributed by atoms with E-state index < -0.39 is 0 Å². The Kier molecular flexibility index (Phi) is 8.95. The molecule has 2 aliphatic rings. The summed E-state index contributed by atoms with van der Waals surface area (Å²) >= 11 is 0. The van der Waals surface area contributed by atoms with E-state index >= 15 is 0 Å². The zero-order valence-corrected chi connectivity index (χ0v) is 21.1. The highest BCUT2D eigenvalue weighted by atomic mass is 16.5. The van der Waals surface area contributed by atoms with E-state index in [4.69, 9.17) is 4.74 Å². The summed E-state index contributed by atoms with van der Waals surface area (Å²) in [5.74, 6) is 0.916. The van der Waals surface area contributed by atoms with Gasteiger partial charge in [0.15, 0.2) is 0 Å². The molecule has 0 spiro atoms. The minimum Gasteiger partial charge on any atom is -0.493 e. The SMILES string of the molecule is CCCCCCN1C(=O)C(c2ccc(OCC(C)C)cc2)=C(N(C)C2CCN(C)CC2)C1=O. The van der Waals surface area contributed by atoms with Gasteiger partial charge in [0.05, 0.1) is 12.2 Å². The molecule has 6 heteroatoms. The number of nitrogens with zero attached hydrogens (tertiary/aromatic N) is 3. The van der Waals surface area contributed by atoms with Gasteiger partial charge in [-0.1, -0.05) is 52.2 Å². The van der Waals surface area contributed by atoms with Crippen molar-refractivity contribution in [1.29, 1.82) is 0 Å². The van der Waals surface area contributed by atoms with Crippen molar-refractivity contribution in [3.63, 3.8) is 0 Å². The second-order valence-corrected chi connectivity index (χ2v) is 9.92. The molecule has 2 aliphatic heterocycles. The molecule has 33 heavy (non-hydrogen) atoms. The maximum Gasteiger partial charge on any atom is 0.277 e. The van der Waals surface area contributed by atoms with Crippen LogP contribution in [0.15, 0.2) is 30.0 Å². The van der Waals surface area contributed by atoms with Gasteiger partial charge < -0.3 is 14.5 Å². The fraction of sp³-hybridized carbons (Fsp3) is 0.630. The number of likely N-dealkylation sites (N-methyl/N-ethyl adjacent to an activating group) is 1. The van der Waals surface area contributed by atoms with Gasteiger partial charge in [-0.25, -0.2) is 0 Å². The number of unbranched alkanes of at least 4 members (excludes halogenated alkanes) is 3. The van der Waals surface area contributed by atoms with Crippen molar-refractivity contribution >= 4 is 17.4 Å². The van der Waals surface area contributed by atoms with E-state index in [2.05, 4.69) is 37.6 Å². The van der Waals surface area contributed by atoms with E-state index in [-0.39, 0.29) is 17.9 Å². The summed E-state index contributed by atoms with van der Waals surface area (Å²) in [5, 5.41) is 0. The molecular weight excluding hydrogens is 414 g/mol. The van der Waals surface area contributed by atoms with Gasteiger partial charge in [0, 0.05) is 19.6 Å². The van der Waals surface area contributed by atoms with Crippen LogP contribution in [0.1, 0.15) is 64.9 Å². The normalized spacial score (nSPS) is 18.1. The first-order valence-corrected chi connectivity index (χ1v) is 12.6. The van der Waals surface area contributed by atoms with Crippen molar-refractivity contribution in [2.75, 3.05) is 40.3 Å². The first-order valence-electron chi connectivity index (χ1n) is 12.6. The number of carbonyl (C=O) groups is 2. The molecule has 0 radical (unpaired) electrons. The van der Waals surface area contributed by atoms with Gasteiger partial charge in [-0.3, -0.25) is 14.5 Å². The van der Waals surface area contributed by atoms with Crippen molar-refractivity contribution in [3.05, 3.63) is 35.5 Å². The third kappa shape index (κ3) is 6.17. The number of hydrogen-bond acceptors (Lipinski definition) is 5. The van der Waals surface area contributed by atoms with Crippen LogP contribution in [-0.4, -0.2) is 72.9 Å². The molecule has 0 aliphatic carbocycles. The van der Waals surface area contributed by atoms with Gasteiger partial charge in [-0.05, 0) is 63.0 Å². The predicted octanol–water partition coefficient (Wildman–Crippen LogP) is 4.41. The van der Waals surface area contributed by atoms with Gasteiger partial charge in [-0.15, -0.1) is 0 Å². The van der Waals surface area contributed by atoms with Crippen LogP contribution in [0.4, 0.5) is 0 Å². The molecule has 0 aromatic heterocycles. The number of likely N-dealkylation sites (tertiary alicyclic amines) is 1. The molecule has 2 heterocycles. The van der Waals surface area contributed by atoms with E-state index in [1.807, 2.05) is 31.3 Å². The van der Waals surface area contributed by atoms with E-state index in [1.54, 1.807) is 0 Å². The Balaban J connectivity index is 1.87. The van der Waals surface area contributed by atoms with Crippen molar-refractivity contribution < 1.29 is 14.3 Å². The smallest absolute Gasteiger partial charge is 0.277 e. The largest absolute Gasteiger partial charge is 0.493 e. The Labute approximate surface area is 199 Å². The van der Waals surface area contributed by atoms with Gasteiger partial charge in [0.2, 0.25) is 0 Å². The van der Waals surface area contributed by atoms with Crippen molar-refractivity contribution in [3.8, 4) is 5.75 Å². The first-order chi connectivity index (χ1) is 15.8. The zero-order valence-electron chi connectivity index (χ0n) is 21.1. The number of amides is 2. The van der Waals surface area contributed by atoms with E-state index in [9.17, 15) is 9.59 Å². The van der Waals surface area contributed by atoms with Crippen LogP contribution < -0.4 is 4.74 Å². The van der Waals surface area contributed by atoms with Crippen LogP contribution in [-0.2, 0) is 9.59 Å². The zero-order chi connectivity index (χ0) is 24.0. The number of hydrogen-bond donors (Lipinski definition) is 0. The molecule has 1 aromatic carbocycles. The summed E-state index contributed by atoms with van der Waals surface area (Å²) in [5.41, 5.74) is 1.88. The monoisotopic (exact) mass is 455 g/mol. The maximum absolute atomic E-state index is 13.5. The average molecular weight is 456 g/mol. The molecule has 1 aromatic rings. The van der Waals surface area contributed by atoms with E-state index in [1.165, 1.54) is 4.90 Å². The fourth-order valence-electron chi connectivity index (χ4n) is 4.60. The number of ether oxygens (including phenoxy) is 1. The molecule has 0 bridgehead atoms. The minimum atomic E-state index is -0.165. The summed E-state index contributed by atoms with van der Waals surface area (Å²) in [6.07, 6.45) is 6.11. The second kappa shape index (κ2) is 11.7. The minimum absolute atomic E-state index is 0.145. The van der Waals surface area contributed by atoms with Crippen LogP contribution in [0.2, 0.25) is 0 Å². The van der Waals surface area contributed by atoms with Crippen molar-refractivity contribution in [2.24, 2.45) is 5.92 Å². The predicted molar refractivity (Wildman–Crippen MR) is 133 cm³/mol. The maximum atomic E-state index is 13.5. The second-order valence-electron chi connectivity index (χ2n) is 9.92. The van der Waals surface area contributed by atoms with Crippen LogP contribution in [0.25, 0.3) is 5.57 Å². The fourth-order valence-corrected chi connectivity index (χ4v) is 4.60. The molecule has 2 amide bonds. The van der Waals surface area contributed by atoms with Crippen molar-refractivity contribution in [2.45, 2.75) is 65.3 Å². The van der Waals surface area contributed by atoms with Crippen molar-refractivity contribution in [1.82, 2.24) is 14.7 Å².